The van der Waals surface area contributed by atoms with Crippen LogP contribution in [0.15, 0.2) is 34.4 Å². The molecule has 1 aliphatic rings. The van der Waals surface area contributed by atoms with Gasteiger partial charge < -0.3 is 10.4 Å². The number of aliphatic hydroxyl groups is 1. The van der Waals surface area contributed by atoms with E-state index >= 15 is 0 Å². The standard InChI is InChI=1S/C13H10BrF3N2O3/c14-8-2-1-7(13(15,16)17)5-9(8)18-10-6-11(21)19(3-4-20)12(10)22/h1-2,5-6,18,20H,3-4H2. The van der Waals surface area contributed by atoms with E-state index < -0.39 is 30.2 Å². The third-order valence-corrected chi connectivity index (χ3v) is 3.59. The van der Waals surface area contributed by atoms with Gasteiger partial charge in [-0.2, -0.15) is 13.2 Å². The maximum absolute atomic E-state index is 12.7. The minimum absolute atomic E-state index is 0.00748. The molecule has 0 spiro atoms. The van der Waals surface area contributed by atoms with E-state index in [4.69, 9.17) is 5.11 Å². The molecule has 1 aromatic rings. The molecular formula is C13H10BrF3N2O3. The smallest absolute Gasteiger partial charge is 0.395 e. The molecule has 0 radical (unpaired) electrons. The summed E-state index contributed by atoms with van der Waals surface area (Å²) in [6.45, 7) is -0.574. The van der Waals surface area contributed by atoms with Crippen molar-refractivity contribution in [3.05, 3.63) is 40.0 Å². The van der Waals surface area contributed by atoms with E-state index in [0.717, 1.165) is 23.1 Å². The Labute approximate surface area is 131 Å². The molecule has 2 N–H and O–H groups in total. The lowest BCUT2D eigenvalue weighted by molar-refractivity contribution is -0.138. The Hall–Kier alpha value is -1.87. The predicted molar refractivity (Wildman–Crippen MR) is 74.7 cm³/mol. The fourth-order valence-electron chi connectivity index (χ4n) is 1.85. The highest BCUT2D eigenvalue weighted by Gasteiger charge is 2.33. The summed E-state index contributed by atoms with van der Waals surface area (Å²) in [5, 5.41) is 11.3. The van der Waals surface area contributed by atoms with E-state index in [-0.39, 0.29) is 17.9 Å². The first-order valence-electron chi connectivity index (χ1n) is 6.06. The van der Waals surface area contributed by atoms with Crippen LogP contribution in [0, 0.1) is 0 Å². The van der Waals surface area contributed by atoms with Gasteiger partial charge in [-0.15, -0.1) is 0 Å². The van der Waals surface area contributed by atoms with Gasteiger partial charge in [-0.05, 0) is 34.1 Å². The van der Waals surface area contributed by atoms with Crippen LogP contribution in [0.3, 0.4) is 0 Å². The normalized spacial score (nSPS) is 15.3. The zero-order chi connectivity index (χ0) is 16.5. The van der Waals surface area contributed by atoms with Crippen molar-refractivity contribution in [1.82, 2.24) is 4.90 Å². The van der Waals surface area contributed by atoms with Gasteiger partial charge in [0.25, 0.3) is 11.8 Å². The molecular weight excluding hydrogens is 369 g/mol. The number of halogens is 4. The predicted octanol–water partition coefficient (Wildman–Crippen LogP) is 2.12. The molecule has 1 aliphatic heterocycles. The molecule has 0 unspecified atom stereocenters. The van der Waals surface area contributed by atoms with Crippen LogP contribution in [0.4, 0.5) is 18.9 Å². The molecule has 1 aromatic carbocycles. The minimum Gasteiger partial charge on any atom is -0.395 e. The number of carbonyl (C=O) groups is 2. The third-order valence-electron chi connectivity index (χ3n) is 2.90. The summed E-state index contributed by atoms with van der Waals surface area (Å²) in [6, 6.07) is 2.92. The van der Waals surface area contributed by atoms with Crippen molar-refractivity contribution in [1.29, 1.82) is 0 Å². The Morgan fingerprint density at radius 1 is 1.27 bits per heavy atom. The van der Waals surface area contributed by atoms with E-state index in [2.05, 4.69) is 21.2 Å². The zero-order valence-corrected chi connectivity index (χ0v) is 12.5. The maximum atomic E-state index is 12.7. The SMILES string of the molecule is O=C1C=C(Nc2cc(C(F)(F)F)ccc2Br)C(=O)N1CCO. The summed E-state index contributed by atoms with van der Waals surface area (Å²) in [4.78, 5) is 24.3. The molecule has 118 valence electrons. The molecule has 0 saturated carbocycles. The molecule has 22 heavy (non-hydrogen) atoms. The van der Waals surface area contributed by atoms with Gasteiger partial charge in [0.15, 0.2) is 0 Å². The fourth-order valence-corrected chi connectivity index (χ4v) is 2.20. The van der Waals surface area contributed by atoms with Crippen LogP contribution in [-0.2, 0) is 15.8 Å². The van der Waals surface area contributed by atoms with Crippen LogP contribution in [0.2, 0.25) is 0 Å². The Kier molecular flexibility index (Phi) is 4.57. The van der Waals surface area contributed by atoms with Crippen molar-refractivity contribution in [2.75, 3.05) is 18.5 Å². The first-order valence-corrected chi connectivity index (χ1v) is 6.85. The van der Waals surface area contributed by atoms with Crippen LogP contribution in [0.1, 0.15) is 5.56 Å². The highest BCUT2D eigenvalue weighted by Crippen LogP contribution is 2.34. The highest BCUT2D eigenvalue weighted by atomic mass is 79.9. The Morgan fingerprint density at radius 2 is 1.95 bits per heavy atom. The van der Waals surface area contributed by atoms with Crippen LogP contribution < -0.4 is 5.32 Å². The summed E-state index contributed by atoms with van der Waals surface area (Å²) < 4.78 is 38.4. The van der Waals surface area contributed by atoms with Gasteiger partial charge >= 0.3 is 6.18 Å². The first-order chi connectivity index (χ1) is 10.2. The second-order valence-corrected chi connectivity index (χ2v) is 5.25. The van der Waals surface area contributed by atoms with E-state index in [9.17, 15) is 22.8 Å². The van der Waals surface area contributed by atoms with E-state index in [1.165, 1.54) is 6.07 Å². The van der Waals surface area contributed by atoms with E-state index in [1.807, 2.05) is 0 Å². The second kappa shape index (κ2) is 6.09. The van der Waals surface area contributed by atoms with Crippen LogP contribution >= 0.6 is 15.9 Å². The number of hydrogen-bond donors (Lipinski definition) is 2. The molecule has 9 heteroatoms. The van der Waals surface area contributed by atoms with E-state index in [0.29, 0.717) is 4.47 Å². The Bertz CT molecular complexity index is 658. The topological polar surface area (TPSA) is 69.6 Å². The highest BCUT2D eigenvalue weighted by molar-refractivity contribution is 9.10. The van der Waals surface area contributed by atoms with Crippen molar-refractivity contribution in [3.8, 4) is 0 Å². The molecule has 0 aromatic heterocycles. The molecule has 0 bridgehead atoms. The first kappa shape index (κ1) is 16.5. The quantitative estimate of drug-likeness (QED) is 0.787. The van der Waals surface area contributed by atoms with Crippen molar-refractivity contribution in [3.63, 3.8) is 0 Å². The Balaban J connectivity index is 2.27. The molecule has 0 fully saturated rings. The monoisotopic (exact) mass is 378 g/mol. The van der Waals surface area contributed by atoms with Crippen LogP contribution in [0.5, 0.6) is 0 Å². The van der Waals surface area contributed by atoms with Gasteiger partial charge in [0.05, 0.1) is 24.4 Å². The minimum atomic E-state index is -4.52. The lowest BCUT2D eigenvalue weighted by atomic mass is 10.2. The number of benzene rings is 1. The number of rotatable bonds is 4. The van der Waals surface area contributed by atoms with Gasteiger partial charge in [0.2, 0.25) is 0 Å². The number of carbonyl (C=O) groups excluding carboxylic acids is 2. The number of hydrogen-bond acceptors (Lipinski definition) is 4. The van der Waals surface area contributed by atoms with Gasteiger partial charge in [-0.25, -0.2) is 0 Å². The summed E-state index contributed by atoms with van der Waals surface area (Å²) in [5.41, 5.74) is -1.03. The number of alkyl halides is 3. The molecule has 2 rings (SSSR count). The summed E-state index contributed by atoms with van der Waals surface area (Å²) in [6.07, 6.45) is -3.55. The summed E-state index contributed by atoms with van der Waals surface area (Å²) >= 11 is 3.08. The number of nitrogens with one attached hydrogen (secondary N) is 1. The van der Waals surface area contributed by atoms with Crippen molar-refractivity contribution >= 4 is 33.4 Å². The van der Waals surface area contributed by atoms with Crippen molar-refractivity contribution in [2.24, 2.45) is 0 Å². The zero-order valence-electron chi connectivity index (χ0n) is 10.9. The second-order valence-electron chi connectivity index (χ2n) is 4.39. The average molecular weight is 379 g/mol. The lowest BCUT2D eigenvalue weighted by Gasteiger charge is -2.15. The molecule has 2 amide bonds. The van der Waals surface area contributed by atoms with Crippen LogP contribution in [0.25, 0.3) is 0 Å². The van der Waals surface area contributed by atoms with Gasteiger partial charge in [-0.3, -0.25) is 14.5 Å². The Morgan fingerprint density at radius 3 is 2.55 bits per heavy atom. The van der Waals surface area contributed by atoms with Crippen molar-refractivity contribution in [2.45, 2.75) is 6.18 Å². The number of amides is 2. The molecule has 0 aliphatic carbocycles. The molecule has 1 heterocycles. The molecule has 0 saturated heterocycles. The molecule has 5 nitrogen and oxygen atoms in total. The van der Waals surface area contributed by atoms with Gasteiger partial charge in [-0.1, -0.05) is 0 Å². The fraction of sp³-hybridized carbons (Fsp3) is 0.231. The summed E-state index contributed by atoms with van der Waals surface area (Å²) in [5.74, 6) is -1.34. The largest absolute Gasteiger partial charge is 0.416 e. The third kappa shape index (κ3) is 3.30. The summed E-state index contributed by atoms with van der Waals surface area (Å²) in [7, 11) is 0. The molecule has 0 atom stereocenters. The van der Waals surface area contributed by atoms with Crippen LogP contribution in [-0.4, -0.2) is 35.0 Å². The number of aliphatic hydroxyl groups excluding tert-OH is 1. The maximum Gasteiger partial charge on any atom is 0.416 e. The lowest BCUT2D eigenvalue weighted by Crippen LogP contribution is -2.34. The van der Waals surface area contributed by atoms with E-state index in [1.54, 1.807) is 0 Å². The average Bonchev–Trinajstić information content (AvgIpc) is 2.68. The number of anilines is 1. The number of nitrogens with zero attached hydrogens (tertiary/aromatic N) is 1. The van der Waals surface area contributed by atoms with Gasteiger partial charge in [0, 0.05) is 10.5 Å². The van der Waals surface area contributed by atoms with Gasteiger partial charge in [0.1, 0.15) is 5.70 Å². The number of β-amino-alcohol motifs (C(OH)–C–C–N with tert-alkyl or cyclic N) is 1. The van der Waals surface area contributed by atoms with Crippen molar-refractivity contribution < 1.29 is 27.9 Å². The number of imide groups is 1.